The van der Waals surface area contributed by atoms with E-state index < -0.39 is 0 Å². The van der Waals surface area contributed by atoms with Gasteiger partial charge in [-0.05, 0) is 36.6 Å². The molecule has 0 spiro atoms. The zero-order valence-corrected chi connectivity index (χ0v) is 14.5. The van der Waals surface area contributed by atoms with Crippen LogP contribution < -0.4 is 5.32 Å². The van der Waals surface area contributed by atoms with Crippen molar-refractivity contribution in [1.82, 2.24) is 14.7 Å². The average Bonchev–Trinajstić information content (AvgIpc) is 3.07. The summed E-state index contributed by atoms with van der Waals surface area (Å²) >= 11 is 0. The maximum atomic E-state index is 12.4. The second-order valence-electron chi connectivity index (χ2n) is 5.96. The van der Waals surface area contributed by atoms with Gasteiger partial charge in [-0.3, -0.25) is 4.79 Å². The Morgan fingerprint density at radius 1 is 1.16 bits per heavy atom. The molecule has 0 fully saturated rings. The lowest BCUT2D eigenvalue weighted by Crippen LogP contribution is -2.26. The van der Waals surface area contributed by atoms with Gasteiger partial charge in [0.25, 0.3) is 0 Å². The minimum absolute atomic E-state index is 0.0133. The Morgan fingerprint density at radius 3 is 2.76 bits per heavy atom. The highest BCUT2D eigenvalue weighted by atomic mass is 16.1. The third kappa shape index (κ3) is 4.35. The van der Waals surface area contributed by atoms with Crippen molar-refractivity contribution in [3.8, 4) is 0 Å². The van der Waals surface area contributed by atoms with Gasteiger partial charge in [0.1, 0.15) is 5.82 Å². The minimum atomic E-state index is 0.0133. The van der Waals surface area contributed by atoms with Gasteiger partial charge < -0.3 is 9.72 Å². The molecule has 2 heterocycles. The van der Waals surface area contributed by atoms with Crippen LogP contribution in [0, 0.1) is 0 Å². The first-order valence-electron chi connectivity index (χ1n) is 8.72. The molecule has 4 nitrogen and oxygen atoms in total. The Labute approximate surface area is 148 Å². The van der Waals surface area contributed by atoms with Gasteiger partial charge in [0.05, 0.1) is 11.7 Å². The van der Waals surface area contributed by atoms with E-state index in [1.54, 1.807) is 0 Å². The number of amides is 1. The zero-order chi connectivity index (χ0) is 17.5. The monoisotopic (exact) mass is 333 g/mol. The summed E-state index contributed by atoms with van der Waals surface area (Å²) in [6.45, 7) is 2.65. The fourth-order valence-corrected chi connectivity index (χ4v) is 2.82. The molecule has 0 saturated carbocycles. The predicted octanol–water partition coefficient (Wildman–Crippen LogP) is 3.88. The van der Waals surface area contributed by atoms with Crippen molar-refractivity contribution in [2.45, 2.75) is 26.2 Å². The van der Waals surface area contributed by atoms with Crippen LogP contribution in [0.4, 0.5) is 0 Å². The van der Waals surface area contributed by atoms with Crippen molar-refractivity contribution in [3.63, 3.8) is 0 Å². The van der Waals surface area contributed by atoms with Gasteiger partial charge in [0, 0.05) is 24.7 Å². The lowest BCUT2D eigenvalue weighted by Gasteiger charge is -2.07. The number of rotatable bonds is 7. The third-order valence-electron chi connectivity index (χ3n) is 4.19. The molecular weight excluding hydrogens is 310 g/mol. The topological polar surface area (TPSA) is 46.4 Å². The normalized spacial score (nSPS) is 11.6. The number of fused-ring (bicyclic) bond motifs is 1. The molecule has 0 saturated heterocycles. The standard InChI is InChI=1S/C21H23N3O/c1-2-18(15-17-9-4-3-5-10-17)21(25)22-13-8-12-20-23-16-19-11-6-7-14-24(19)20/h3-7,9-11,14-16H,2,8,12-13H2,1H3,(H,22,25)/b18-15+. The molecule has 0 unspecified atom stereocenters. The fourth-order valence-electron chi connectivity index (χ4n) is 2.82. The zero-order valence-electron chi connectivity index (χ0n) is 14.5. The summed E-state index contributed by atoms with van der Waals surface area (Å²) in [6, 6.07) is 16.0. The van der Waals surface area contributed by atoms with E-state index in [1.807, 2.05) is 73.9 Å². The Balaban J connectivity index is 1.52. The molecule has 3 aromatic rings. The molecule has 25 heavy (non-hydrogen) atoms. The maximum absolute atomic E-state index is 12.4. The molecular formula is C21H23N3O. The van der Waals surface area contributed by atoms with E-state index in [0.717, 1.165) is 35.3 Å². The molecule has 0 atom stereocenters. The molecule has 1 aromatic carbocycles. The lowest BCUT2D eigenvalue weighted by molar-refractivity contribution is -0.117. The van der Waals surface area contributed by atoms with Gasteiger partial charge in [0.2, 0.25) is 5.91 Å². The number of benzene rings is 1. The van der Waals surface area contributed by atoms with Gasteiger partial charge in [-0.2, -0.15) is 0 Å². The van der Waals surface area contributed by atoms with Crippen LogP contribution in [0.2, 0.25) is 0 Å². The quantitative estimate of drug-likeness (QED) is 0.527. The number of nitrogens with one attached hydrogen (secondary N) is 1. The van der Waals surface area contributed by atoms with Gasteiger partial charge in [-0.25, -0.2) is 4.98 Å². The first-order chi connectivity index (χ1) is 12.3. The van der Waals surface area contributed by atoms with Crippen molar-refractivity contribution in [2.24, 2.45) is 0 Å². The second-order valence-corrected chi connectivity index (χ2v) is 5.96. The summed E-state index contributed by atoms with van der Waals surface area (Å²) < 4.78 is 2.09. The van der Waals surface area contributed by atoms with Crippen LogP contribution in [0.1, 0.15) is 31.2 Å². The van der Waals surface area contributed by atoms with E-state index in [4.69, 9.17) is 0 Å². The summed E-state index contributed by atoms with van der Waals surface area (Å²) in [5.41, 5.74) is 2.96. The number of hydrogen-bond donors (Lipinski definition) is 1. The second kappa shape index (κ2) is 8.29. The molecule has 3 rings (SSSR count). The van der Waals surface area contributed by atoms with E-state index >= 15 is 0 Å². The molecule has 1 amide bonds. The van der Waals surface area contributed by atoms with Gasteiger partial charge >= 0.3 is 0 Å². The first kappa shape index (κ1) is 17.0. The number of pyridine rings is 1. The van der Waals surface area contributed by atoms with E-state index in [2.05, 4.69) is 14.7 Å². The van der Waals surface area contributed by atoms with Crippen molar-refractivity contribution < 1.29 is 4.79 Å². The first-order valence-corrected chi connectivity index (χ1v) is 8.72. The van der Waals surface area contributed by atoms with Crippen LogP contribution in [0.15, 0.2) is 66.5 Å². The summed E-state index contributed by atoms with van der Waals surface area (Å²) in [6.07, 6.45) is 8.27. The fraction of sp³-hybridized carbons (Fsp3) is 0.238. The van der Waals surface area contributed by atoms with Crippen LogP contribution in [0.5, 0.6) is 0 Å². The van der Waals surface area contributed by atoms with Crippen molar-refractivity contribution in [1.29, 1.82) is 0 Å². The SMILES string of the molecule is CC/C(=C\c1ccccc1)C(=O)NCCCc1ncc2ccccn12. The van der Waals surface area contributed by atoms with Crippen LogP contribution in [-0.2, 0) is 11.2 Å². The molecule has 0 aliphatic carbocycles. The van der Waals surface area contributed by atoms with Crippen LogP contribution in [-0.4, -0.2) is 21.8 Å². The molecule has 1 N–H and O–H groups in total. The Morgan fingerprint density at radius 2 is 1.96 bits per heavy atom. The molecule has 0 radical (unpaired) electrons. The summed E-state index contributed by atoms with van der Waals surface area (Å²) in [4.78, 5) is 16.8. The number of imidazole rings is 1. The number of carbonyl (C=O) groups is 1. The van der Waals surface area contributed by atoms with E-state index in [1.165, 1.54) is 0 Å². The molecule has 0 aliphatic rings. The molecule has 0 bridgehead atoms. The van der Waals surface area contributed by atoms with Crippen molar-refractivity contribution in [2.75, 3.05) is 6.54 Å². The van der Waals surface area contributed by atoms with E-state index in [-0.39, 0.29) is 5.91 Å². The van der Waals surface area contributed by atoms with Crippen LogP contribution in [0.25, 0.3) is 11.6 Å². The highest BCUT2D eigenvalue weighted by Crippen LogP contribution is 2.10. The van der Waals surface area contributed by atoms with Crippen molar-refractivity contribution in [3.05, 3.63) is 77.9 Å². The number of nitrogens with zero attached hydrogens (tertiary/aromatic N) is 2. The largest absolute Gasteiger partial charge is 0.352 e. The minimum Gasteiger partial charge on any atom is -0.352 e. The number of hydrogen-bond acceptors (Lipinski definition) is 2. The lowest BCUT2D eigenvalue weighted by atomic mass is 10.1. The van der Waals surface area contributed by atoms with Crippen LogP contribution >= 0.6 is 0 Å². The van der Waals surface area contributed by atoms with Gasteiger partial charge in [-0.15, -0.1) is 0 Å². The number of carbonyl (C=O) groups excluding carboxylic acids is 1. The summed E-state index contributed by atoms with van der Waals surface area (Å²) in [5, 5.41) is 3.02. The molecule has 128 valence electrons. The van der Waals surface area contributed by atoms with E-state index in [9.17, 15) is 4.79 Å². The number of aromatic nitrogens is 2. The Bertz CT molecular complexity index is 865. The van der Waals surface area contributed by atoms with E-state index in [0.29, 0.717) is 13.0 Å². The molecule has 4 heteroatoms. The molecule has 2 aromatic heterocycles. The predicted molar refractivity (Wildman–Crippen MR) is 101 cm³/mol. The molecule has 0 aliphatic heterocycles. The number of aryl methyl sites for hydroxylation is 1. The smallest absolute Gasteiger partial charge is 0.247 e. The summed E-state index contributed by atoms with van der Waals surface area (Å²) in [5.74, 6) is 1.04. The van der Waals surface area contributed by atoms with Crippen molar-refractivity contribution >= 4 is 17.5 Å². The van der Waals surface area contributed by atoms with Gasteiger partial charge in [0.15, 0.2) is 0 Å². The Hall–Kier alpha value is -2.88. The van der Waals surface area contributed by atoms with Crippen LogP contribution in [0.3, 0.4) is 0 Å². The highest BCUT2D eigenvalue weighted by Gasteiger charge is 2.07. The average molecular weight is 333 g/mol. The Kier molecular flexibility index (Phi) is 5.62. The third-order valence-corrected chi connectivity index (χ3v) is 4.19. The maximum Gasteiger partial charge on any atom is 0.247 e. The highest BCUT2D eigenvalue weighted by molar-refractivity contribution is 5.97. The summed E-state index contributed by atoms with van der Waals surface area (Å²) in [7, 11) is 0. The van der Waals surface area contributed by atoms with Gasteiger partial charge in [-0.1, -0.05) is 43.3 Å².